The summed E-state index contributed by atoms with van der Waals surface area (Å²) in [5.41, 5.74) is 3.16. The molecular weight excluding hydrogens is 476 g/mol. The van der Waals surface area contributed by atoms with Crippen LogP contribution in [0.15, 0.2) is 18.2 Å². The molecule has 2 atom stereocenters. The van der Waals surface area contributed by atoms with Crippen LogP contribution in [-0.4, -0.2) is 53.4 Å². The van der Waals surface area contributed by atoms with Crippen LogP contribution in [0.25, 0.3) is 0 Å². The lowest BCUT2D eigenvalue weighted by Gasteiger charge is -2.43. The van der Waals surface area contributed by atoms with Gasteiger partial charge in [0.1, 0.15) is 4.75 Å². The van der Waals surface area contributed by atoms with Gasteiger partial charge >= 0.3 is 6.09 Å². The maximum Gasteiger partial charge on any atom is 0.407 e. The van der Waals surface area contributed by atoms with Crippen LogP contribution >= 0.6 is 0 Å². The van der Waals surface area contributed by atoms with Crippen LogP contribution in [0.3, 0.4) is 0 Å². The summed E-state index contributed by atoms with van der Waals surface area (Å²) in [4.78, 5) is 13.0. The molecule has 1 aromatic carbocycles. The number of likely N-dealkylation sites (tertiary alicyclic amines) is 1. The van der Waals surface area contributed by atoms with E-state index in [1.807, 2.05) is 20.8 Å². The van der Waals surface area contributed by atoms with Crippen molar-refractivity contribution in [2.24, 2.45) is 5.41 Å². The van der Waals surface area contributed by atoms with Gasteiger partial charge in [-0.25, -0.2) is 4.79 Å². The third-order valence-corrected chi connectivity index (χ3v) is 14.0. The molecule has 1 fully saturated rings. The van der Waals surface area contributed by atoms with E-state index in [-0.39, 0.29) is 16.5 Å². The summed E-state index contributed by atoms with van der Waals surface area (Å²) in [5, 5.41) is 9.58. The number of amides is 1. The molecule has 194 valence electrons. The highest BCUT2D eigenvalue weighted by molar-refractivity contribution is 7.90. The molecule has 1 heterocycles. The number of nitrogens with one attached hydrogen (secondary N) is 1. The first-order valence-corrected chi connectivity index (χ1v) is 16.5. The average Bonchev–Trinajstić information content (AvgIpc) is 3.02. The molecule has 3 rings (SSSR count). The average molecular weight is 519 g/mol. The van der Waals surface area contributed by atoms with Crippen molar-refractivity contribution in [3.8, 4) is 11.8 Å². The van der Waals surface area contributed by atoms with Gasteiger partial charge in [0, 0.05) is 35.4 Å². The fraction of sp³-hybridized carbons (Fsp3) is 0.667. The molecule has 1 aliphatic heterocycles. The van der Waals surface area contributed by atoms with E-state index in [9.17, 15) is 14.5 Å². The molecular formula is C27H42N2O4SSi. The monoisotopic (exact) mass is 518 g/mol. The van der Waals surface area contributed by atoms with E-state index in [1.54, 1.807) is 0 Å². The van der Waals surface area contributed by atoms with Crippen molar-refractivity contribution in [1.29, 1.82) is 0 Å². The summed E-state index contributed by atoms with van der Waals surface area (Å²) in [6.07, 6.45) is 1.48. The van der Waals surface area contributed by atoms with Crippen LogP contribution in [0.4, 0.5) is 4.79 Å². The molecule has 1 spiro atoms. The molecule has 2 N–H and O–H groups in total. The Morgan fingerprint density at radius 2 is 1.89 bits per heavy atom. The van der Waals surface area contributed by atoms with Gasteiger partial charge in [-0.3, -0.25) is 0 Å². The number of fused-ring (bicyclic) bond motifs is 1. The number of carboxylic acid groups (broad SMARTS) is 1. The lowest BCUT2D eigenvalue weighted by Crippen LogP contribution is -2.50. The molecule has 0 radical (unpaired) electrons. The van der Waals surface area contributed by atoms with Crippen molar-refractivity contribution in [2.75, 3.05) is 19.7 Å². The standard InChI is InChI=1S/C27H42N2O4SSi/c1-25(2,3)34(32)28-23-22-18-20(10-9-17-33-35(7,8)26(4,5)6)11-12-21(22)19-27(23)13-15-29(16-14-27)24(30)31/h11-12,18,23,28H,13-17,19H2,1-8H3,(H,30,31)/t23-,34?/m1/s1. The summed E-state index contributed by atoms with van der Waals surface area (Å²) in [6.45, 7) is 18.4. The van der Waals surface area contributed by atoms with Crippen molar-refractivity contribution >= 4 is 25.8 Å². The van der Waals surface area contributed by atoms with E-state index in [1.165, 1.54) is 10.5 Å². The van der Waals surface area contributed by atoms with Crippen molar-refractivity contribution in [3.63, 3.8) is 0 Å². The van der Waals surface area contributed by atoms with Crippen molar-refractivity contribution in [3.05, 3.63) is 34.9 Å². The van der Waals surface area contributed by atoms with Crippen LogP contribution < -0.4 is 4.72 Å². The lowest BCUT2D eigenvalue weighted by atomic mass is 9.73. The molecule has 6 nitrogen and oxygen atoms in total. The third-order valence-electron chi connectivity index (χ3n) is 7.97. The molecule has 0 bridgehead atoms. The van der Waals surface area contributed by atoms with Gasteiger partial charge in [0.05, 0.1) is 12.6 Å². The fourth-order valence-electron chi connectivity index (χ4n) is 4.57. The third kappa shape index (κ3) is 6.26. The highest BCUT2D eigenvalue weighted by Crippen LogP contribution is 2.52. The van der Waals surface area contributed by atoms with Gasteiger partial charge in [0.15, 0.2) is 8.32 Å². The minimum atomic E-state index is -1.84. The molecule has 2 aliphatic rings. The topological polar surface area (TPSA) is 84.9 Å². The van der Waals surface area contributed by atoms with Crippen LogP contribution in [0.5, 0.6) is 0 Å². The zero-order chi connectivity index (χ0) is 26.2. The van der Waals surface area contributed by atoms with E-state index in [0.29, 0.717) is 19.7 Å². The van der Waals surface area contributed by atoms with Crippen molar-refractivity contribution < 1.29 is 18.9 Å². The van der Waals surface area contributed by atoms with Crippen LogP contribution in [-0.2, 0) is 22.2 Å². The Kier molecular flexibility index (Phi) is 8.10. The van der Waals surface area contributed by atoms with E-state index >= 15 is 0 Å². The SMILES string of the molecule is CC(C)(C)[S+]([O-])N[C@@H]1c2cc(C#CCO[Si](C)(C)C(C)(C)C)ccc2CC12CCN(C(=O)O)CC2. The van der Waals surface area contributed by atoms with Gasteiger partial charge < -0.3 is 19.0 Å². The highest BCUT2D eigenvalue weighted by Gasteiger charge is 2.51. The quantitative estimate of drug-likeness (QED) is 0.314. The van der Waals surface area contributed by atoms with Crippen LogP contribution in [0.2, 0.25) is 18.1 Å². The number of hydrogen-bond donors (Lipinski definition) is 2. The Hall–Kier alpha value is -1.50. The number of hydrogen-bond acceptors (Lipinski definition) is 4. The molecule has 8 heteroatoms. The predicted octanol–water partition coefficient (Wildman–Crippen LogP) is 5.47. The lowest BCUT2D eigenvalue weighted by molar-refractivity contribution is 0.0764. The van der Waals surface area contributed by atoms with Gasteiger partial charge in [-0.1, -0.05) is 38.7 Å². The van der Waals surface area contributed by atoms with Gasteiger partial charge in [0.2, 0.25) is 0 Å². The zero-order valence-electron chi connectivity index (χ0n) is 22.6. The summed E-state index contributed by atoms with van der Waals surface area (Å²) in [5.74, 6) is 6.47. The second-order valence-electron chi connectivity index (χ2n) is 12.5. The number of rotatable bonds is 4. The second-order valence-corrected chi connectivity index (χ2v) is 19.3. The van der Waals surface area contributed by atoms with Crippen molar-refractivity contribution in [1.82, 2.24) is 9.62 Å². The Bertz CT molecular complexity index is 995. The van der Waals surface area contributed by atoms with Crippen molar-refractivity contribution in [2.45, 2.75) is 89.7 Å². The zero-order valence-corrected chi connectivity index (χ0v) is 24.4. The van der Waals surface area contributed by atoms with Crippen LogP contribution in [0.1, 0.15) is 77.1 Å². The minimum Gasteiger partial charge on any atom is -0.598 e. The Morgan fingerprint density at radius 3 is 2.43 bits per heavy atom. The van der Waals surface area contributed by atoms with E-state index in [0.717, 1.165) is 30.4 Å². The summed E-state index contributed by atoms with van der Waals surface area (Å²) in [6, 6.07) is 6.23. The van der Waals surface area contributed by atoms with Crippen LogP contribution in [0, 0.1) is 17.3 Å². The van der Waals surface area contributed by atoms with E-state index < -0.39 is 30.5 Å². The summed E-state index contributed by atoms with van der Waals surface area (Å²) >= 11 is -1.24. The molecule has 35 heavy (non-hydrogen) atoms. The number of carbonyl (C=O) groups is 1. The number of nitrogens with zero attached hydrogens (tertiary/aromatic N) is 1. The predicted molar refractivity (Wildman–Crippen MR) is 145 cm³/mol. The Labute approximate surface area is 215 Å². The van der Waals surface area contributed by atoms with Gasteiger partial charge in [-0.2, -0.15) is 0 Å². The summed E-state index contributed by atoms with van der Waals surface area (Å²) < 4.78 is 22.4. The van der Waals surface area contributed by atoms with Gasteiger partial charge in [0.25, 0.3) is 0 Å². The van der Waals surface area contributed by atoms with E-state index in [4.69, 9.17) is 4.43 Å². The first-order valence-electron chi connectivity index (χ1n) is 12.5. The highest BCUT2D eigenvalue weighted by atomic mass is 32.2. The maximum absolute atomic E-state index is 13.2. The fourth-order valence-corrected chi connectivity index (χ4v) is 6.38. The Morgan fingerprint density at radius 1 is 1.26 bits per heavy atom. The molecule has 1 unspecified atom stereocenters. The Balaban J connectivity index is 1.84. The first kappa shape index (κ1) is 28.1. The van der Waals surface area contributed by atoms with E-state index in [2.05, 4.69) is 68.6 Å². The van der Waals surface area contributed by atoms with Gasteiger partial charge in [-0.05, 0) is 81.4 Å². The normalized spacial score (nSPS) is 20.8. The molecule has 0 saturated carbocycles. The second kappa shape index (κ2) is 10.1. The molecule has 1 aliphatic carbocycles. The summed E-state index contributed by atoms with van der Waals surface area (Å²) in [7, 11) is -1.84. The smallest absolute Gasteiger partial charge is 0.407 e. The molecule has 1 amide bonds. The van der Waals surface area contributed by atoms with Gasteiger partial charge in [-0.15, -0.1) is 4.72 Å². The molecule has 1 saturated heterocycles. The largest absolute Gasteiger partial charge is 0.598 e. The number of benzene rings is 1. The molecule has 0 aromatic heterocycles. The molecule has 1 aromatic rings. The minimum absolute atomic E-state index is 0.0984. The first-order chi connectivity index (χ1) is 16.1. The maximum atomic E-state index is 13.2. The number of piperidine rings is 1.